The van der Waals surface area contributed by atoms with Crippen LogP contribution in [0.5, 0.6) is 0 Å². The maximum atomic E-state index is 11.8. The Kier molecular flexibility index (Phi) is 2.15. The summed E-state index contributed by atoms with van der Waals surface area (Å²) in [6.07, 6.45) is 6.43. The summed E-state index contributed by atoms with van der Waals surface area (Å²) in [5.41, 5.74) is 0.888. The van der Waals surface area contributed by atoms with E-state index in [1.807, 2.05) is 12.1 Å². The van der Waals surface area contributed by atoms with Crippen molar-refractivity contribution in [3.05, 3.63) is 59.5 Å². The molecule has 0 bridgehead atoms. The molecular weight excluding hydrogens is 216 g/mol. The summed E-state index contributed by atoms with van der Waals surface area (Å²) in [5.74, 6) is 0. The fraction of sp³-hybridized carbons (Fsp3) is 0. The highest BCUT2D eigenvalue weighted by Crippen LogP contribution is 2.11. The molecule has 3 aromatic rings. The number of hydrogen-bond donors (Lipinski definition) is 0. The van der Waals surface area contributed by atoms with E-state index in [0.717, 1.165) is 5.39 Å². The molecule has 0 radical (unpaired) electrons. The van der Waals surface area contributed by atoms with Crippen molar-refractivity contribution >= 4 is 11.0 Å². The van der Waals surface area contributed by atoms with Gasteiger partial charge >= 0.3 is 5.69 Å². The van der Waals surface area contributed by atoms with Gasteiger partial charge in [-0.3, -0.25) is 4.98 Å². The molecule has 82 valence electrons. The molecule has 0 fully saturated rings. The van der Waals surface area contributed by atoms with Crippen LogP contribution in [0, 0.1) is 0 Å². The van der Waals surface area contributed by atoms with Gasteiger partial charge in [0.05, 0.1) is 11.9 Å². The van der Waals surface area contributed by atoms with E-state index < -0.39 is 0 Å². The van der Waals surface area contributed by atoms with Crippen molar-refractivity contribution in [3.63, 3.8) is 0 Å². The van der Waals surface area contributed by atoms with Crippen molar-refractivity contribution in [2.24, 2.45) is 0 Å². The molecular formula is C12H8N4O. The molecule has 0 aromatic carbocycles. The molecule has 0 unspecified atom stereocenters. The predicted octanol–water partition coefficient (Wildman–Crippen LogP) is 1.18. The van der Waals surface area contributed by atoms with Gasteiger partial charge in [0.2, 0.25) is 0 Å². The predicted molar refractivity (Wildman–Crippen MR) is 62.9 cm³/mol. The van der Waals surface area contributed by atoms with Crippen LogP contribution < -0.4 is 5.69 Å². The van der Waals surface area contributed by atoms with E-state index in [1.165, 1.54) is 10.8 Å². The summed E-state index contributed by atoms with van der Waals surface area (Å²) in [4.78, 5) is 23.8. The Labute approximate surface area is 96.4 Å². The fourth-order valence-electron chi connectivity index (χ4n) is 1.69. The minimum atomic E-state index is -0.357. The van der Waals surface area contributed by atoms with Gasteiger partial charge in [-0.05, 0) is 24.3 Å². The van der Waals surface area contributed by atoms with Gasteiger partial charge in [-0.15, -0.1) is 0 Å². The number of fused-ring (bicyclic) bond motifs is 1. The topological polar surface area (TPSA) is 60.7 Å². The summed E-state index contributed by atoms with van der Waals surface area (Å²) in [5, 5.41) is 0.816. The second-order valence-corrected chi connectivity index (χ2v) is 3.50. The van der Waals surface area contributed by atoms with E-state index in [1.54, 1.807) is 30.7 Å². The van der Waals surface area contributed by atoms with Crippen LogP contribution in [0.1, 0.15) is 0 Å². The van der Waals surface area contributed by atoms with E-state index in [0.29, 0.717) is 11.3 Å². The normalized spacial score (nSPS) is 10.6. The maximum absolute atomic E-state index is 11.8. The van der Waals surface area contributed by atoms with Crippen molar-refractivity contribution in [2.45, 2.75) is 0 Å². The standard InChI is InChI=1S/C12H8N4O/c17-12-15-7-9-3-1-6-14-11(9)16(12)10-4-2-5-13-8-10/h1-8H. The lowest BCUT2D eigenvalue weighted by Crippen LogP contribution is -2.21. The molecule has 5 nitrogen and oxygen atoms in total. The average Bonchev–Trinajstić information content (AvgIpc) is 2.39. The zero-order chi connectivity index (χ0) is 11.7. The lowest BCUT2D eigenvalue weighted by Gasteiger charge is -2.06. The van der Waals surface area contributed by atoms with Crippen LogP contribution >= 0.6 is 0 Å². The number of nitrogens with zero attached hydrogens (tertiary/aromatic N) is 4. The smallest absolute Gasteiger partial charge is 0.263 e. The SMILES string of the molecule is O=c1ncc2cccnc2n1-c1cccnc1. The number of hydrogen-bond acceptors (Lipinski definition) is 4. The third-order valence-corrected chi connectivity index (χ3v) is 2.44. The highest BCUT2D eigenvalue weighted by molar-refractivity contribution is 5.75. The Bertz CT molecular complexity index is 721. The van der Waals surface area contributed by atoms with Crippen LogP contribution in [0.2, 0.25) is 0 Å². The van der Waals surface area contributed by atoms with Crippen LogP contribution in [-0.4, -0.2) is 19.5 Å². The van der Waals surface area contributed by atoms with Crippen LogP contribution in [-0.2, 0) is 0 Å². The molecule has 17 heavy (non-hydrogen) atoms. The van der Waals surface area contributed by atoms with E-state index >= 15 is 0 Å². The Balaban J connectivity index is 2.43. The fourth-order valence-corrected chi connectivity index (χ4v) is 1.69. The summed E-state index contributed by atoms with van der Waals surface area (Å²) in [6, 6.07) is 7.23. The Morgan fingerprint density at radius 2 is 1.88 bits per heavy atom. The molecule has 5 heteroatoms. The van der Waals surface area contributed by atoms with Crippen LogP contribution in [0.25, 0.3) is 16.7 Å². The molecule has 0 N–H and O–H groups in total. The van der Waals surface area contributed by atoms with Crippen molar-refractivity contribution in [2.75, 3.05) is 0 Å². The first kappa shape index (κ1) is 9.65. The van der Waals surface area contributed by atoms with Crippen molar-refractivity contribution in [3.8, 4) is 5.69 Å². The third kappa shape index (κ3) is 1.57. The van der Waals surface area contributed by atoms with Crippen LogP contribution in [0.15, 0.2) is 53.8 Å². The quantitative estimate of drug-likeness (QED) is 0.622. The molecule has 0 saturated carbocycles. The molecule has 3 heterocycles. The minimum Gasteiger partial charge on any atom is -0.263 e. The molecule has 0 spiro atoms. The largest absolute Gasteiger partial charge is 0.353 e. The first-order valence-electron chi connectivity index (χ1n) is 5.09. The lowest BCUT2D eigenvalue weighted by molar-refractivity contribution is 0.934. The summed E-state index contributed by atoms with van der Waals surface area (Å²) in [6.45, 7) is 0. The second-order valence-electron chi connectivity index (χ2n) is 3.50. The van der Waals surface area contributed by atoms with E-state index in [2.05, 4.69) is 15.0 Å². The highest BCUT2D eigenvalue weighted by atomic mass is 16.1. The van der Waals surface area contributed by atoms with Gasteiger partial charge in [-0.2, -0.15) is 0 Å². The van der Waals surface area contributed by atoms with E-state index in [9.17, 15) is 4.79 Å². The molecule has 3 rings (SSSR count). The highest BCUT2D eigenvalue weighted by Gasteiger charge is 2.06. The molecule has 3 aromatic heterocycles. The van der Waals surface area contributed by atoms with Gasteiger partial charge in [0, 0.05) is 24.0 Å². The average molecular weight is 224 g/mol. The molecule has 0 aliphatic heterocycles. The number of pyridine rings is 2. The molecule has 0 saturated heterocycles. The maximum Gasteiger partial charge on any atom is 0.353 e. The van der Waals surface area contributed by atoms with Crippen molar-refractivity contribution in [1.82, 2.24) is 19.5 Å². The number of aromatic nitrogens is 4. The first-order chi connectivity index (χ1) is 8.36. The Morgan fingerprint density at radius 3 is 2.71 bits per heavy atom. The zero-order valence-corrected chi connectivity index (χ0v) is 8.82. The summed E-state index contributed by atoms with van der Waals surface area (Å²) in [7, 11) is 0. The van der Waals surface area contributed by atoms with Crippen LogP contribution in [0.3, 0.4) is 0 Å². The molecule has 0 aliphatic rings. The van der Waals surface area contributed by atoms with Gasteiger partial charge in [0.1, 0.15) is 5.65 Å². The van der Waals surface area contributed by atoms with Gasteiger partial charge < -0.3 is 0 Å². The van der Waals surface area contributed by atoms with Crippen molar-refractivity contribution in [1.29, 1.82) is 0 Å². The Morgan fingerprint density at radius 1 is 1.00 bits per heavy atom. The first-order valence-corrected chi connectivity index (χ1v) is 5.09. The molecule has 0 amide bonds. The monoisotopic (exact) mass is 224 g/mol. The van der Waals surface area contributed by atoms with Gasteiger partial charge in [-0.25, -0.2) is 19.3 Å². The van der Waals surface area contributed by atoms with Crippen LogP contribution in [0.4, 0.5) is 0 Å². The zero-order valence-electron chi connectivity index (χ0n) is 8.82. The van der Waals surface area contributed by atoms with Gasteiger partial charge in [0.25, 0.3) is 0 Å². The van der Waals surface area contributed by atoms with Crippen molar-refractivity contribution < 1.29 is 0 Å². The molecule has 0 atom stereocenters. The van der Waals surface area contributed by atoms with Gasteiger partial charge in [0.15, 0.2) is 0 Å². The number of rotatable bonds is 1. The van der Waals surface area contributed by atoms with E-state index in [-0.39, 0.29) is 5.69 Å². The summed E-state index contributed by atoms with van der Waals surface area (Å²) >= 11 is 0. The third-order valence-electron chi connectivity index (χ3n) is 2.44. The van der Waals surface area contributed by atoms with Gasteiger partial charge in [-0.1, -0.05) is 0 Å². The minimum absolute atomic E-state index is 0.357. The lowest BCUT2D eigenvalue weighted by atomic mass is 10.3. The van der Waals surface area contributed by atoms with E-state index in [4.69, 9.17) is 0 Å². The molecule has 0 aliphatic carbocycles. The Hall–Kier alpha value is -2.56. The summed E-state index contributed by atoms with van der Waals surface area (Å²) < 4.78 is 1.45. The second kappa shape index (κ2) is 3.79.